The molecule has 0 radical (unpaired) electrons. The van der Waals surface area contributed by atoms with Crippen LogP contribution in [0.5, 0.6) is 0 Å². The second-order valence-electron chi connectivity index (χ2n) is 4.86. The summed E-state index contributed by atoms with van der Waals surface area (Å²) in [5, 5.41) is 8.42. The quantitative estimate of drug-likeness (QED) is 0.917. The van der Waals surface area contributed by atoms with E-state index in [1.807, 2.05) is 0 Å². The first-order valence-electron chi connectivity index (χ1n) is 6.28. The molecule has 23 heavy (non-hydrogen) atoms. The summed E-state index contributed by atoms with van der Waals surface area (Å²) in [4.78, 5) is 27.4. The van der Waals surface area contributed by atoms with Gasteiger partial charge in [0.05, 0.1) is 22.7 Å². The Balaban J connectivity index is 2.28. The highest BCUT2D eigenvalue weighted by atomic mass is 35.5. The Labute approximate surface area is 133 Å². The molecule has 2 aromatic heterocycles. The van der Waals surface area contributed by atoms with E-state index < -0.39 is 30.2 Å². The number of hydrogen-bond acceptors (Lipinski definition) is 3. The highest BCUT2D eigenvalue weighted by Gasteiger charge is 2.32. The van der Waals surface area contributed by atoms with Gasteiger partial charge < -0.3 is 14.4 Å². The number of amides is 1. The van der Waals surface area contributed by atoms with Crippen LogP contribution in [0.2, 0.25) is 5.02 Å². The normalized spacial score (nSPS) is 11.7. The van der Waals surface area contributed by atoms with E-state index in [4.69, 9.17) is 16.7 Å². The third-order valence-corrected chi connectivity index (χ3v) is 3.29. The number of alkyl halides is 3. The Hall–Kier alpha value is -2.29. The van der Waals surface area contributed by atoms with Crippen LogP contribution in [0.4, 0.5) is 13.2 Å². The number of hydrogen-bond donors (Lipinski definition) is 1. The number of carboxylic acids is 1. The summed E-state index contributed by atoms with van der Waals surface area (Å²) in [5.74, 6) is -1.70. The van der Waals surface area contributed by atoms with E-state index in [1.54, 1.807) is 0 Å². The molecule has 0 aliphatic rings. The summed E-state index contributed by atoms with van der Waals surface area (Å²) in [6, 6.07) is 0.756. The smallest absolute Gasteiger partial charge is 0.417 e. The lowest BCUT2D eigenvalue weighted by Gasteiger charge is -2.13. The summed E-state index contributed by atoms with van der Waals surface area (Å²) in [7, 11) is 1.31. The molecule has 0 fully saturated rings. The van der Waals surface area contributed by atoms with E-state index in [-0.39, 0.29) is 22.8 Å². The van der Waals surface area contributed by atoms with E-state index in [0.717, 1.165) is 21.6 Å². The Kier molecular flexibility index (Phi) is 4.51. The van der Waals surface area contributed by atoms with Crippen molar-refractivity contribution in [2.24, 2.45) is 0 Å². The molecule has 10 heteroatoms. The number of aromatic nitrogens is 2. The average Bonchev–Trinajstić information content (AvgIpc) is 2.79. The first-order chi connectivity index (χ1) is 10.6. The fourth-order valence-corrected chi connectivity index (χ4v) is 2.19. The van der Waals surface area contributed by atoms with Gasteiger partial charge in [-0.3, -0.25) is 9.59 Å². The molecule has 0 unspecified atom stereocenters. The summed E-state index contributed by atoms with van der Waals surface area (Å²) in [5.41, 5.74) is -0.662. The molecule has 2 rings (SSSR count). The van der Waals surface area contributed by atoms with Crippen molar-refractivity contribution in [2.45, 2.75) is 12.6 Å². The maximum absolute atomic E-state index is 12.7. The molecule has 0 aromatic carbocycles. The lowest BCUT2D eigenvalue weighted by atomic mass is 10.3. The van der Waals surface area contributed by atoms with Gasteiger partial charge in [-0.2, -0.15) is 13.2 Å². The Bertz CT molecular complexity index is 773. The number of fused-ring (bicyclic) bond motifs is 1. The molecular formula is C13H11ClF3N3O3. The van der Waals surface area contributed by atoms with E-state index in [0.29, 0.717) is 0 Å². The number of carbonyl (C=O) groups is 2. The standard InChI is InChI=1S/C13H11ClF3N3O3/c1-19(6-11(22)23)10(21)3-8-5-20-4-7(13(15,16)17)2-9(14)12(20)18-8/h2,4-5H,3,6H2,1H3,(H,22,23). The molecule has 0 aliphatic heterocycles. The van der Waals surface area contributed by atoms with E-state index in [1.165, 1.54) is 13.2 Å². The zero-order chi connectivity index (χ0) is 17.4. The van der Waals surface area contributed by atoms with Gasteiger partial charge in [0.15, 0.2) is 5.65 Å². The molecule has 124 valence electrons. The van der Waals surface area contributed by atoms with Crippen LogP contribution in [0, 0.1) is 0 Å². The molecule has 1 N–H and O–H groups in total. The summed E-state index contributed by atoms with van der Waals surface area (Å²) in [6.07, 6.45) is -2.73. The van der Waals surface area contributed by atoms with Gasteiger partial charge in [0.2, 0.25) is 5.91 Å². The fraction of sp³-hybridized carbons (Fsp3) is 0.308. The van der Waals surface area contributed by atoms with Gasteiger partial charge in [-0.25, -0.2) is 4.98 Å². The van der Waals surface area contributed by atoms with Gasteiger partial charge >= 0.3 is 12.1 Å². The maximum atomic E-state index is 12.7. The van der Waals surface area contributed by atoms with E-state index in [2.05, 4.69) is 4.98 Å². The van der Waals surface area contributed by atoms with Crippen LogP contribution in [0.1, 0.15) is 11.3 Å². The van der Waals surface area contributed by atoms with Crippen molar-refractivity contribution in [1.29, 1.82) is 0 Å². The number of carbonyl (C=O) groups excluding carboxylic acids is 1. The van der Waals surface area contributed by atoms with Crippen molar-refractivity contribution in [3.8, 4) is 0 Å². The third kappa shape index (κ3) is 3.92. The number of halogens is 4. The topological polar surface area (TPSA) is 74.9 Å². The van der Waals surface area contributed by atoms with Crippen molar-refractivity contribution in [3.63, 3.8) is 0 Å². The van der Waals surface area contributed by atoms with Gasteiger partial charge in [0.25, 0.3) is 0 Å². The number of carboxylic acid groups (broad SMARTS) is 1. The van der Waals surface area contributed by atoms with Crippen molar-refractivity contribution in [2.75, 3.05) is 13.6 Å². The molecule has 0 spiro atoms. The largest absolute Gasteiger partial charge is 0.480 e. The SMILES string of the molecule is CN(CC(=O)O)C(=O)Cc1cn2cc(C(F)(F)F)cc(Cl)c2n1. The lowest BCUT2D eigenvalue weighted by Crippen LogP contribution is -2.33. The van der Waals surface area contributed by atoms with Crippen LogP contribution < -0.4 is 0 Å². The van der Waals surface area contributed by atoms with E-state index in [9.17, 15) is 22.8 Å². The van der Waals surface area contributed by atoms with Crippen molar-refractivity contribution >= 4 is 29.1 Å². The Morgan fingerprint density at radius 3 is 2.61 bits per heavy atom. The summed E-state index contributed by atoms with van der Waals surface area (Å²) >= 11 is 5.79. The molecule has 0 saturated heterocycles. The number of aliphatic carboxylic acids is 1. The molecule has 2 aromatic rings. The monoisotopic (exact) mass is 349 g/mol. The molecule has 0 atom stereocenters. The van der Waals surface area contributed by atoms with Gasteiger partial charge in [-0.15, -0.1) is 0 Å². The molecule has 6 nitrogen and oxygen atoms in total. The third-order valence-electron chi connectivity index (χ3n) is 3.01. The number of nitrogens with zero attached hydrogens (tertiary/aromatic N) is 3. The molecule has 2 heterocycles. The molecular weight excluding hydrogens is 339 g/mol. The minimum atomic E-state index is -4.56. The van der Waals surface area contributed by atoms with Crippen LogP contribution in [0.15, 0.2) is 18.5 Å². The number of rotatable bonds is 4. The van der Waals surface area contributed by atoms with Crippen molar-refractivity contribution in [1.82, 2.24) is 14.3 Å². The van der Waals surface area contributed by atoms with Crippen LogP contribution >= 0.6 is 11.6 Å². The zero-order valence-electron chi connectivity index (χ0n) is 11.8. The van der Waals surface area contributed by atoms with Crippen molar-refractivity contribution < 1.29 is 27.9 Å². The average molecular weight is 350 g/mol. The number of pyridine rings is 1. The zero-order valence-corrected chi connectivity index (χ0v) is 12.5. The van der Waals surface area contributed by atoms with Gasteiger partial charge in [-0.05, 0) is 6.07 Å². The minimum absolute atomic E-state index is 0.0864. The summed E-state index contributed by atoms with van der Waals surface area (Å²) < 4.78 is 39.3. The lowest BCUT2D eigenvalue weighted by molar-refractivity contribution is -0.143. The van der Waals surface area contributed by atoms with Crippen molar-refractivity contribution in [3.05, 3.63) is 34.7 Å². The molecule has 0 saturated carbocycles. The molecule has 0 aliphatic carbocycles. The van der Waals surface area contributed by atoms with Crippen LogP contribution in [-0.2, 0) is 22.2 Å². The maximum Gasteiger partial charge on any atom is 0.417 e. The van der Waals surface area contributed by atoms with Gasteiger partial charge in [0, 0.05) is 19.4 Å². The van der Waals surface area contributed by atoms with Crippen LogP contribution in [0.25, 0.3) is 5.65 Å². The van der Waals surface area contributed by atoms with Crippen LogP contribution in [-0.4, -0.2) is 44.9 Å². The number of imidazole rings is 1. The number of likely N-dealkylation sites (N-methyl/N-ethyl adjacent to an activating group) is 1. The fourth-order valence-electron chi connectivity index (χ4n) is 1.93. The highest BCUT2D eigenvalue weighted by molar-refractivity contribution is 6.33. The highest BCUT2D eigenvalue weighted by Crippen LogP contribution is 2.32. The summed E-state index contributed by atoms with van der Waals surface area (Å²) in [6.45, 7) is -0.481. The first kappa shape index (κ1) is 17.1. The van der Waals surface area contributed by atoms with Gasteiger partial charge in [0.1, 0.15) is 6.54 Å². The Morgan fingerprint density at radius 2 is 2.04 bits per heavy atom. The first-order valence-corrected chi connectivity index (χ1v) is 6.66. The second kappa shape index (κ2) is 6.07. The van der Waals surface area contributed by atoms with E-state index >= 15 is 0 Å². The molecule has 1 amide bonds. The van der Waals surface area contributed by atoms with Gasteiger partial charge in [-0.1, -0.05) is 11.6 Å². The minimum Gasteiger partial charge on any atom is -0.480 e. The molecule has 0 bridgehead atoms. The predicted octanol–water partition coefficient (Wildman–Crippen LogP) is 2.09. The van der Waals surface area contributed by atoms with Crippen LogP contribution in [0.3, 0.4) is 0 Å². The Morgan fingerprint density at radius 1 is 1.39 bits per heavy atom. The predicted molar refractivity (Wildman–Crippen MR) is 74.2 cm³/mol. The second-order valence-corrected chi connectivity index (χ2v) is 5.27.